The van der Waals surface area contributed by atoms with Crippen LogP contribution in [-0.2, 0) is 6.42 Å². The number of rotatable bonds is 4. The molecule has 0 saturated heterocycles. The van der Waals surface area contributed by atoms with E-state index in [4.69, 9.17) is 5.73 Å². The summed E-state index contributed by atoms with van der Waals surface area (Å²) < 4.78 is 0. The van der Waals surface area contributed by atoms with Crippen LogP contribution in [0.4, 0.5) is 0 Å². The molecule has 1 rings (SSSR count). The monoisotopic (exact) mass is 201 g/mol. The summed E-state index contributed by atoms with van der Waals surface area (Å²) in [5.74, 6) is 0. The minimum absolute atomic E-state index is 0.1000. The van der Waals surface area contributed by atoms with Gasteiger partial charge in [0.05, 0.1) is 0 Å². The quantitative estimate of drug-likeness (QED) is 0.744. The molecule has 0 spiro atoms. The number of benzene rings is 1. The van der Waals surface area contributed by atoms with Crippen molar-refractivity contribution < 1.29 is 0 Å². The molecule has 0 amide bonds. The summed E-state index contributed by atoms with van der Waals surface area (Å²) >= 11 is 0. The van der Waals surface area contributed by atoms with Crippen LogP contribution in [-0.4, -0.2) is 6.04 Å². The third-order valence-corrected chi connectivity index (χ3v) is 2.10. The van der Waals surface area contributed by atoms with Gasteiger partial charge in [0.15, 0.2) is 0 Å². The Morgan fingerprint density at radius 3 is 2.53 bits per heavy atom. The summed E-state index contributed by atoms with van der Waals surface area (Å²) in [6, 6.07) is 10.4. The van der Waals surface area contributed by atoms with Crippen molar-refractivity contribution in [3.05, 3.63) is 59.7 Å². The van der Waals surface area contributed by atoms with Crippen molar-refractivity contribution >= 4 is 0 Å². The van der Waals surface area contributed by atoms with E-state index in [0.717, 1.165) is 6.42 Å². The molecule has 0 aliphatic heterocycles. The fourth-order valence-electron chi connectivity index (χ4n) is 1.35. The van der Waals surface area contributed by atoms with Crippen molar-refractivity contribution in [2.45, 2.75) is 26.3 Å². The van der Waals surface area contributed by atoms with E-state index in [-0.39, 0.29) is 6.04 Å². The van der Waals surface area contributed by atoms with E-state index >= 15 is 0 Å². The van der Waals surface area contributed by atoms with Crippen molar-refractivity contribution in [1.29, 1.82) is 0 Å². The summed E-state index contributed by atoms with van der Waals surface area (Å²) in [6.45, 7) is 4.15. The van der Waals surface area contributed by atoms with Gasteiger partial charge in [0.25, 0.3) is 0 Å². The highest BCUT2D eigenvalue weighted by atomic mass is 14.6. The van der Waals surface area contributed by atoms with Crippen LogP contribution in [0.15, 0.2) is 54.1 Å². The zero-order valence-electron chi connectivity index (χ0n) is 9.48. The minimum Gasteiger partial charge on any atom is -0.324 e. The molecule has 0 fully saturated rings. The van der Waals surface area contributed by atoms with Crippen molar-refractivity contribution in [1.82, 2.24) is 0 Å². The maximum absolute atomic E-state index is 5.98. The van der Waals surface area contributed by atoms with Gasteiger partial charge in [-0.3, -0.25) is 0 Å². The Bertz CT molecular complexity index is 332. The van der Waals surface area contributed by atoms with Crippen LogP contribution in [0.2, 0.25) is 0 Å². The normalized spacial score (nSPS) is 12.7. The van der Waals surface area contributed by atoms with Gasteiger partial charge in [-0.05, 0) is 25.8 Å². The number of nitrogens with two attached hydrogens (primary N) is 1. The molecule has 0 heterocycles. The second-order valence-electron chi connectivity index (χ2n) is 3.98. The predicted octanol–water partition coefficient (Wildman–Crippen LogP) is 3.08. The van der Waals surface area contributed by atoms with E-state index < -0.39 is 0 Å². The Kier molecular flexibility index (Phi) is 4.85. The fourth-order valence-corrected chi connectivity index (χ4v) is 1.35. The Labute approximate surface area is 92.3 Å². The first-order valence-electron chi connectivity index (χ1n) is 5.29. The summed E-state index contributed by atoms with van der Waals surface area (Å²) in [7, 11) is 0. The van der Waals surface area contributed by atoms with E-state index in [1.54, 1.807) is 0 Å². The Morgan fingerprint density at radius 2 is 1.93 bits per heavy atom. The van der Waals surface area contributed by atoms with Crippen molar-refractivity contribution in [3.8, 4) is 0 Å². The summed E-state index contributed by atoms with van der Waals surface area (Å²) in [6.07, 6.45) is 7.04. The average Bonchev–Trinajstić information content (AvgIpc) is 2.18. The van der Waals surface area contributed by atoms with Gasteiger partial charge in [0, 0.05) is 6.04 Å². The predicted molar refractivity (Wildman–Crippen MR) is 66.7 cm³/mol. The molecule has 1 nitrogen and oxygen atoms in total. The number of allylic oxidation sites excluding steroid dienone is 3. The molecule has 1 atom stereocenters. The van der Waals surface area contributed by atoms with Crippen LogP contribution >= 0.6 is 0 Å². The van der Waals surface area contributed by atoms with Crippen molar-refractivity contribution in [2.75, 3.05) is 0 Å². The first kappa shape index (κ1) is 11.7. The zero-order valence-corrected chi connectivity index (χ0v) is 9.48. The van der Waals surface area contributed by atoms with Gasteiger partial charge in [-0.1, -0.05) is 54.1 Å². The largest absolute Gasteiger partial charge is 0.324 e. The second-order valence-corrected chi connectivity index (χ2v) is 3.98. The van der Waals surface area contributed by atoms with E-state index in [1.807, 2.05) is 30.4 Å². The van der Waals surface area contributed by atoms with Crippen molar-refractivity contribution in [2.24, 2.45) is 5.73 Å². The number of hydrogen-bond donors (Lipinski definition) is 1. The molecule has 0 unspecified atom stereocenters. The SMILES string of the molecule is CC(C)=C/C=C/[C@@H](N)Cc1ccccc1. The van der Waals surface area contributed by atoms with Gasteiger partial charge in [-0.2, -0.15) is 0 Å². The third kappa shape index (κ3) is 5.18. The van der Waals surface area contributed by atoms with Gasteiger partial charge in [0.2, 0.25) is 0 Å². The fraction of sp³-hybridized carbons (Fsp3) is 0.286. The van der Waals surface area contributed by atoms with E-state index in [9.17, 15) is 0 Å². The molecular formula is C14H19N. The lowest BCUT2D eigenvalue weighted by Crippen LogP contribution is -2.19. The van der Waals surface area contributed by atoms with E-state index in [0.29, 0.717) is 0 Å². The molecule has 2 N–H and O–H groups in total. The van der Waals surface area contributed by atoms with Gasteiger partial charge in [-0.25, -0.2) is 0 Å². The highest BCUT2D eigenvalue weighted by Gasteiger charge is 1.97. The van der Waals surface area contributed by atoms with Crippen molar-refractivity contribution in [3.63, 3.8) is 0 Å². The zero-order chi connectivity index (χ0) is 11.1. The lowest BCUT2D eigenvalue weighted by Gasteiger charge is -2.05. The van der Waals surface area contributed by atoms with Crippen LogP contribution in [0, 0.1) is 0 Å². The molecule has 0 aromatic heterocycles. The molecule has 1 heteroatoms. The molecule has 0 bridgehead atoms. The molecule has 0 saturated carbocycles. The molecule has 0 radical (unpaired) electrons. The van der Waals surface area contributed by atoms with Gasteiger partial charge < -0.3 is 5.73 Å². The first-order chi connectivity index (χ1) is 7.18. The standard InChI is InChI=1S/C14H19N/c1-12(2)7-6-10-14(15)11-13-8-4-3-5-9-13/h3-10,14H,11,15H2,1-2H3/b10-6+/t14-/m1/s1. The molecule has 15 heavy (non-hydrogen) atoms. The van der Waals surface area contributed by atoms with Crippen LogP contribution in [0.5, 0.6) is 0 Å². The molecule has 80 valence electrons. The Balaban J connectivity index is 2.46. The van der Waals surface area contributed by atoms with Crippen LogP contribution in [0.3, 0.4) is 0 Å². The Morgan fingerprint density at radius 1 is 1.27 bits per heavy atom. The summed E-state index contributed by atoms with van der Waals surface area (Å²) in [5, 5.41) is 0. The van der Waals surface area contributed by atoms with E-state index in [1.165, 1.54) is 11.1 Å². The van der Waals surface area contributed by atoms with Crippen LogP contribution in [0.1, 0.15) is 19.4 Å². The van der Waals surface area contributed by atoms with Crippen LogP contribution < -0.4 is 5.73 Å². The first-order valence-corrected chi connectivity index (χ1v) is 5.29. The maximum atomic E-state index is 5.98. The second kappa shape index (κ2) is 6.20. The Hall–Kier alpha value is -1.34. The van der Waals surface area contributed by atoms with E-state index in [2.05, 4.69) is 32.1 Å². The smallest absolute Gasteiger partial charge is 0.0267 e. The third-order valence-electron chi connectivity index (χ3n) is 2.10. The molecule has 1 aromatic rings. The topological polar surface area (TPSA) is 26.0 Å². The van der Waals surface area contributed by atoms with Crippen LogP contribution in [0.25, 0.3) is 0 Å². The minimum atomic E-state index is 0.1000. The average molecular weight is 201 g/mol. The van der Waals surface area contributed by atoms with Gasteiger partial charge in [-0.15, -0.1) is 0 Å². The highest BCUT2D eigenvalue weighted by Crippen LogP contribution is 2.02. The lowest BCUT2D eigenvalue weighted by molar-refractivity contribution is 0.810. The summed E-state index contributed by atoms with van der Waals surface area (Å²) in [4.78, 5) is 0. The maximum Gasteiger partial charge on any atom is 0.0267 e. The summed E-state index contributed by atoms with van der Waals surface area (Å²) in [5.41, 5.74) is 8.55. The lowest BCUT2D eigenvalue weighted by atomic mass is 10.1. The highest BCUT2D eigenvalue weighted by molar-refractivity contribution is 5.18. The molecule has 0 aliphatic rings. The van der Waals surface area contributed by atoms with Gasteiger partial charge >= 0.3 is 0 Å². The molecule has 1 aromatic carbocycles. The molecular weight excluding hydrogens is 182 g/mol. The molecule has 0 aliphatic carbocycles. The van der Waals surface area contributed by atoms with Gasteiger partial charge in [0.1, 0.15) is 0 Å². The number of hydrogen-bond acceptors (Lipinski definition) is 1.